The van der Waals surface area contributed by atoms with Gasteiger partial charge in [-0.05, 0) is 49.8 Å². The van der Waals surface area contributed by atoms with E-state index < -0.39 is 0 Å². The minimum atomic E-state index is -0.326. The van der Waals surface area contributed by atoms with Crippen molar-refractivity contribution >= 4 is 23.8 Å². The van der Waals surface area contributed by atoms with Crippen LogP contribution < -0.4 is 5.32 Å². The van der Waals surface area contributed by atoms with Crippen LogP contribution in [0.2, 0.25) is 0 Å². The van der Waals surface area contributed by atoms with Gasteiger partial charge >= 0.3 is 0 Å². The predicted octanol–water partition coefficient (Wildman–Crippen LogP) is 4.39. The van der Waals surface area contributed by atoms with Gasteiger partial charge in [-0.25, -0.2) is 4.39 Å². The Labute approximate surface area is 155 Å². The number of carbonyl (C=O) groups excluding carboxylic acids is 1. The van der Waals surface area contributed by atoms with E-state index in [1.807, 2.05) is 31.2 Å². The summed E-state index contributed by atoms with van der Waals surface area (Å²) in [5.74, 6) is 0.200. The maximum absolute atomic E-state index is 13.2. The SMILES string of the molecule is Cc1ccc(-c2n[nH]c(=S)n2CCC(=O)Nc2ccc(F)cc2C)cc1. The number of hydrogen-bond donors (Lipinski definition) is 2. The first-order chi connectivity index (χ1) is 12.4. The van der Waals surface area contributed by atoms with Crippen LogP contribution in [0.25, 0.3) is 11.4 Å². The van der Waals surface area contributed by atoms with Crippen LogP contribution in [-0.2, 0) is 11.3 Å². The molecule has 3 rings (SSSR count). The van der Waals surface area contributed by atoms with Gasteiger partial charge in [0.2, 0.25) is 5.91 Å². The number of aromatic nitrogens is 3. The van der Waals surface area contributed by atoms with Gasteiger partial charge in [0.25, 0.3) is 0 Å². The highest BCUT2D eigenvalue weighted by atomic mass is 32.1. The number of halogens is 1. The summed E-state index contributed by atoms with van der Waals surface area (Å²) < 4.78 is 15.4. The van der Waals surface area contributed by atoms with Gasteiger partial charge < -0.3 is 5.32 Å². The standard InChI is InChI=1S/C19H19FN4OS/c1-12-3-5-14(6-4-12)18-22-23-19(26)24(18)10-9-17(25)21-16-8-7-15(20)11-13(16)2/h3-8,11H,9-10H2,1-2H3,(H,21,25)(H,23,26). The van der Waals surface area contributed by atoms with E-state index in [0.717, 1.165) is 11.1 Å². The molecule has 2 N–H and O–H groups in total. The van der Waals surface area contributed by atoms with Crippen LogP contribution in [0.3, 0.4) is 0 Å². The first-order valence-electron chi connectivity index (χ1n) is 8.22. The first-order valence-corrected chi connectivity index (χ1v) is 8.63. The summed E-state index contributed by atoms with van der Waals surface area (Å²) in [5, 5.41) is 9.86. The third-order valence-corrected chi connectivity index (χ3v) is 4.40. The number of nitrogens with zero attached hydrogens (tertiary/aromatic N) is 2. The number of carbonyl (C=O) groups is 1. The summed E-state index contributed by atoms with van der Waals surface area (Å²) in [7, 11) is 0. The highest BCUT2D eigenvalue weighted by molar-refractivity contribution is 7.71. The number of amides is 1. The van der Waals surface area contributed by atoms with E-state index in [1.165, 1.54) is 12.1 Å². The smallest absolute Gasteiger partial charge is 0.226 e. The van der Waals surface area contributed by atoms with E-state index >= 15 is 0 Å². The van der Waals surface area contributed by atoms with Crippen LogP contribution in [0.15, 0.2) is 42.5 Å². The molecule has 0 radical (unpaired) electrons. The number of anilines is 1. The van der Waals surface area contributed by atoms with Gasteiger partial charge in [-0.3, -0.25) is 14.5 Å². The molecule has 0 atom stereocenters. The molecule has 1 amide bonds. The second-order valence-corrected chi connectivity index (χ2v) is 6.51. The summed E-state index contributed by atoms with van der Waals surface area (Å²) in [4.78, 5) is 12.3. The second-order valence-electron chi connectivity index (χ2n) is 6.13. The van der Waals surface area contributed by atoms with Gasteiger partial charge in [-0.1, -0.05) is 29.8 Å². The van der Waals surface area contributed by atoms with Crippen molar-refractivity contribution in [2.75, 3.05) is 5.32 Å². The molecular weight excluding hydrogens is 351 g/mol. The van der Waals surface area contributed by atoms with Gasteiger partial charge in [0.05, 0.1) is 0 Å². The predicted molar refractivity (Wildman–Crippen MR) is 102 cm³/mol. The third kappa shape index (κ3) is 4.05. The number of H-pyrrole nitrogens is 1. The maximum Gasteiger partial charge on any atom is 0.226 e. The first kappa shape index (κ1) is 18.0. The molecule has 1 heterocycles. The Bertz CT molecular complexity index is 992. The number of aromatic amines is 1. The number of aryl methyl sites for hydroxylation is 2. The molecule has 2 aromatic carbocycles. The molecule has 0 saturated carbocycles. The molecule has 0 aliphatic rings. The molecule has 0 spiro atoms. The Kier molecular flexibility index (Phi) is 5.27. The molecule has 0 saturated heterocycles. The molecule has 0 unspecified atom stereocenters. The summed E-state index contributed by atoms with van der Waals surface area (Å²) in [6.07, 6.45) is 0.226. The Balaban J connectivity index is 1.71. The van der Waals surface area contributed by atoms with E-state index in [-0.39, 0.29) is 18.1 Å². The van der Waals surface area contributed by atoms with Gasteiger partial charge in [0.1, 0.15) is 5.82 Å². The lowest BCUT2D eigenvalue weighted by molar-refractivity contribution is -0.116. The lowest BCUT2D eigenvalue weighted by Crippen LogP contribution is -2.15. The van der Waals surface area contributed by atoms with E-state index in [0.29, 0.717) is 28.4 Å². The second kappa shape index (κ2) is 7.61. The maximum atomic E-state index is 13.2. The number of benzene rings is 2. The molecule has 1 aromatic heterocycles. The van der Waals surface area contributed by atoms with Gasteiger partial charge in [0.15, 0.2) is 10.6 Å². The lowest BCUT2D eigenvalue weighted by Gasteiger charge is -2.10. The summed E-state index contributed by atoms with van der Waals surface area (Å²) in [5.41, 5.74) is 3.37. The minimum Gasteiger partial charge on any atom is -0.326 e. The van der Waals surface area contributed by atoms with E-state index in [2.05, 4.69) is 15.5 Å². The van der Waals surface area contributed by atoms with Crippen molar-refractivity contribution < 1.29 is 9.18 Å². The van der Waals surface area contributed by atoms with Gasteiger partial charge in [-0.2, -0.15) is 5.10 Å². The Morgan fingerprint density at radius 2 is 1.96 bits per heavy atom. The fraction of sp³-hybridized carbons (Fsp3) is 0.211. The highest BCUT2D eigenvalue weighted by Crippen LogP contribution is 2.19. The quantitative estimate of drug-likeness (QED) is 0.655. The average Bonchev–Trinajstić information content (AvgIpc) is 2.97. The van der Waals surface area contributed by atoms with Crippen molar-refractivity contribution in [2.24, 2.45) is 0 Å². The fourth-order valence-corrected chi connectivity index (χ4v) is 2.86. The summed E-state index contributed by atoms with van der Waals surface area (Å²) >= 11 is 5.29. The zero-order valence-electron chi connectivity index (χ0n) is 14.5. The van der Waals surface area contributed by atoms with Crippen molar-refractivity contribution in [1.29, 1.82) is 0 Å². The number of nitrogens with one attached hydrogen (secondary N) is 2. The van der Waals surface area contributed by atoms with Crippen LogP contribution in [-0.4, -0.2) is 20.7 Å². The minimum absolute atomic E-state index is 0.169. The lowest BCUT2D eigenvalue weighted by atomic mass is 10.1. The molecule has 0 aliphatic heterocycles. The largest absolute Gasteiger partial charge is 0.326 e. The molecule has 0 fully saturated rings. The molecular formula is C19H19FN4OS. The Morgan fingerprint density at radius 1 is 1.23 bits per heavy atom. The van der Waals surface area contributed by atoms with Crippen molar-refractivity contribution in [2.45, 2.75) is 26.8 Å². The molecule has 0 bridgehead atoms. The summed E-state index contributed by atoms with van der Waals surface area (Å²) in [6, 6.07) is 12.2. The molecule has 26 heavy (non-hydrogen) atoms. The number of rotatable bonds is 5. The Morgan fingerprint density at radius 3 is 2.65 bits per heavy atom. The average molecular weight is 370 g/mol. The van der Waals surface area contributed by atoms with Crippen LogP contribution >= 0.6 is 12.2 Å². The van der Waals surface area contributed by atoms with E-state index in [1.54, 1.807) is 17.6 Å². The van der Waals surface area contributed by atoms with Crippen LogP contribution in [0, 0.1) is 24.4 Å². The normalized spacial score (nSPS) is 10.7. The fourth-order valence-electron chi connectivity index (χ4n) is 2.64. The molecule has 0 aliphatic carbocycles. The van der Waals surface area contributed by atoms with Crippen LogP contribution in [0.1, 0.15) is 17.5 Å². The zero-order chi connectivity index (χ0) is 18.7. The van der Waals surface area contributed by atoms with E-state index in [4.69, 9.17) is 12.2 Å². The summed E-state index contributed by atoms with van der Waals surface area (Å²) in [6.45, 7) is 4.16. The Hall–Kier alpha value is -2.80. The van der Waals surface area contributed by atoms with Crippen molar-refractivity contribution in [3.63, 3.8) is 0 Å². The molecule has 5 nitrogen and oxygen atoms in total. The van der Waals surface area contributed by atoms with Crippen molar-refractivity contribution in [3.8, 4) is 11.4 Å². The highest BCUT2D eigenvalue weighted by Gasteiger charge is 2.11. The van der Waals surface area contributed by atoms with Crippen molar-refractivity contribution in [3.05, 3.63) is 64.2 Å². The number of hydrogen-bond acceptors (Lipinski definition) is 3. The monoisotopic (exact) mass is 370 g/mol. The molecule has 7 heteroatoms. The van der Waals surface area contributed by atoms with Gasteiger partial charge in [0, 0.05) is 24.2 Å². The van der Waals surface area contributed by atoms with Crippen LogP contribution in [0.5, 0.6) is 0 Å². The zero-order valence-corrected chi connectivity index (χ0v) is 15.4. The van der Waals surface area contributed by atoms with Crippen molar-refractivity contribution in [1.82, 2.24) is 14.8 Å². The van der Waals surface area contributed by atoms with Gasteiger partial charge in [-0.15, -0.1) is 0 Å². The van der Waals surface area contributed by atoms with E-state index in [9.17, 15) is 9.18 Å². The molecule has 134 valence electrons. The topological polar surface area (TPSA) is 62.7 Å². The van der Waals surface area contributed by atoms with Crippen LogP contribution in [0.4, 0.5) is 10.1 Å². The molecule has 3 aromatic rings. The third-order valence-electron chi connectivity index (χ3n) is 4.09.